The first-order valence-electron chi connectivity index (χ1n) is 15.1. The van der Waals surface area contributed by atoms with Gasteiger partial charge in [-0.1, -0.05) is 0 Å². The third-order valence-electron chi connectivity index (χ3n) is 7.10. The standard InChI is InChI=1S/2C14H8N6.C7H5N3/c1-3-9-7-17-14(20-12(9)15-5-1)11-8-18-13-10(19-11)4-2-6-16-13;1-2-10-14(16-4-1)18-8-13(20-10)12-7-17-11-6-15-5-3-9(11)19-12;1-2-6-4-8-5-10-7(6)9-3-1/h2*1-8H;1-5H. The normalized spacial score (nSPS) is 10.8. The van der Waals surface area contributed by atoms with Crippen LogP contribution in [-0.2, 0) is 0 Å². The van der Waals surface area contributed by atoms with Crippen LogP contribution in [0.4, 0.5) is 0 Å². The molecule has 0 saturated heterocycles. The average Bonchev–Trinajstić information content (AvgIpc) is 3.20. The van der Waals surface area contributed by atoms with E-state index < -0.39 is 0 Å². The fourth-order valence-corrected chi connectivity index (χ4v) is 4.74. The number of pyridine rings is 5. The quantitative estimate of drug-likeness (QED) is 0.240. The molecule has 10 aromatic rings. The van der Waals surface area contributed by atoms with Crippen molar-refractivity contribution in [2.45, 2.75) is 0 Å². The van der Waals surface area contributed by atoms with Crippen LogP contribution in [0.15, 0.2) is 129 Å². The maximum Gasteiger partial charge on any atom is 0.181 e. The molecular weight excluding hydrogens is 630 g/mol. The molecule has 0 unspecified atom stereocenters. The van der Waals surface area contributed by atoms with E-state index in [1.807, 2.05) is 54.6 Å². The molecule has 50 heavy (non-hydrogen) atoms. The van der Waals surface area contributed by atoms with E-state index in [4.69, 9.17) is 0 Å². The molecule has 0 aliphatic heterocycles. The summed E-state index contributed by atoms with van der Waals surface area (Å²) in [5, 5.41) is 1.87. The molecule has 15 nitrogen and oxygen atoms in total. The summed E-state index contributed by atoms with van der Waals surface area (Å²) >= 11 is 0. The van der Waals surface area contributed by atoms with Crippen molar-refractivity contribution in [3.05, 3.63) is 129 Å². The smallest absolute Gasteiger partial charge is 0.181 e. The highest BCUT2D eigenvalue weighted by Crippen LogP contribution is 2.19. The van der Waals surface area contributed by atoms with Crippen molar-refractivity contribution in [3.8, 4) is 22.9 Å². The van der Waals surface area contributed by atoms with Crippen molar-refractivity contribution in [2.75, 3.05) is 0 Å². The van der Waals surface area contributed by atoms with Crippen LogP contribution in [0.3, 0.4) is 0 Å². The van der Waals surface area contributed by atoms with Gasteiger partial charge < -0.3 is 0 Å². The monoisotopic (exact) mass is 651 g/mol. The molecule has 0 amide bonds. The molecule has 10 rings (SSSR count). The van der Waals surface area contributed by atoms with Gasteiger partial charge in [-0.25, -0.2) is 64.8 Å². The minimum Gasteiger partial charge on any atom is -0.262 e. The first-order chi connectivity index (χ1) is 24.8. The van der Waals surface area contributed by atoms with E-state index in [9.17, 15) is 0 Å². The number of rotatable bonds is 2. The molecule has 0 N–H and O–H groups in total. The second kappa shape index (κ2) is 13.7. The number of hydrogen-bond acceptors (Lipinski definition) is 15. The van der Waals surface area contributed by atoms with Gasteiger partial charge in [0.15, 0.2) is 28.4 Å². The number of hydrogen-bond donors (Lipinski definition) is 0. The molecule has 0 aliphatic carbocycles. The van der Waals surface area contributed by atoms with Crippen LogP contribution in [0.2, 0.25) is 0 Å². The van der Waals surface area contributed by atoms with Crippen molar-refractivity contribution < 1.29 is 0 Å². The van der Waals surface area contributed by atoms with Crippen molar-refractivity contribution in [3.63, 3.8) is 0 Å². The van der Waals surface area contributed by atoms with Crippen LogP contribution in [-0.4, -0.2) is 74.8 Å². The summed E-state index contributed by atoms with van der Waals surface area (Å²) in [5.41, 5.74) is 7.58. The molecule has 0 spiro atoms. The SMILES string of the molecule is c1cnc2nc(-c3cnc4ncccc4n3)ncc2c1.c1cnc2ncc(-c3cnc4cnccc4n3)nc2c1.c1cnc2ncncc2c1. The van der Waals surface area contributed by atoms with E-state index in [-0.39, 0.29) is 0 Å². The number of nitrogens with zero attached hydrogens (tertiary/aromatic N) is 15. The summed E-state index contributed by atoms with van der Waals surface area (Å²) in [7, 11) is 0. The number of aromatic nitrogens is 15. The highest BCUT2D eigenvalue weighted by Gasteiger charge is 2.08. The Balaban J connectivity index is 0.000000115. The first kappa shape index (κ1) is 29.8. The van der Waals surface area contributed by atoms with Gasteiger partial charge in [0, 0.05) is 54.2 Å². The summed E-state index contributed by atoms with van der Waals surface area (Å²) in [6, 6.07) is 16.8. The van der Waals surface area contributed by atoms with Gasteiger partial charge >= 0.3 is 0 Å². The Hall–Kier alpha value is -7.55. The van der Waals surface area contributed by atoms with Crippen molar-refractivity contribution >= 4 is 55.4 Å². The van der Waals surface area contributed by atoms with Crippen molar-refractivity contribution in [1.29, 1.82) is 0 Å². The van der Waals surface area contributed by atoms with E-state index in [0.717, 1.165) is 38.5 Å². The molecule has 0 aliphatic rings. The summed E-state index contributed by atoms with van der Waals surface area (Å²) in [6.45, 7) is 0. The zero-order valence-corrected chi connectivity index (χ0v) is 25.8. The zero-order chi connectivity index (χ0) is 33.5. The van der Waals surface area contributed by atoms with E-state index in [1.54, 1.807) is 68.2 Å². The van der Waals surface area contributed by atoms with Crippen molar-refractivity contribution in [2.24, 2.45) is 0 Å². The summed E-state index contributed by atoms with van der Waals surface area (Å²) in [5.74, 6) is 0.509. The van der Waals surface area contributed by atoms with Crippen LogP contribution in [0.25, 0.3) is 78.3 Å². The number of fused-ring (bicyclic) bond motifs is 5. The Morgan fingerprint density at radius 3 is 1.66 bits per heavy atom. The third kappa shape index (κ3) is 6.50. The predicted octanol–water partition coefficient (Wildman–Crippen LogP) is 5.08. The van der Waals surface area contributed by atoms with Gasteiger partial charge in [0.1, 0.15) is 40.0 Å². The Morgan fingerprint density at radius 2 is 0.920 bits per heavy atom. The second-order valence-corrected chi connectivity index (χ2v) is 10.4. The predicted molar refractivity (Wildman–Crippen MR) is 185 cm³/mol. The lowest BCUT2D eigenvalue weighted by Crippen LogP contribution is -1.96. The van der Waals surface area contributed by atoms with E-state index in [1.165, 1.54) is 6.33 Å². The Bertz CT molecular complexity index is 2390. The van der Waals surface area contributed by atoms with E-state index in [2.05, 4.69) is 74.8 Å². The molecule has 0 saturated carbocycles. The molecular formula is C35H21N15. The molecule has 10 heterocycles. The van der Waals surface area contributed by atoms with E-state index in [0.29, 0.717) is 39.8 Å². The molecule has 0 fully saturated rings. The topological polar surface area (TPSA) is 193 Å². The van der Waals surface area contributed by atoms with Crippen LogP contribution in [0.1, 0.15) is 0 Å². The van der Waals surface area contributed by atoms with Gasteiger partial charge in [0.2, 0.25) is 0 Å². The van der Waals surface area contributed by atoms with Gasteiger partial charge in [0.25, 0.3) is 0 Å². The second-order valence-electron chi connectivity index (χ2n) is 10.4. The van der Waals surface area contributed by atoms with E-state index >= 15 is 0 Å². The first-order valence-corrected chi connectivity index (χ1v) is 15.1. The fourth-order valence-electron chi connectivity index (χ4n) is 4.74. The summed E-state index contributed by atoms with van der Waals surface area (Å²) in [4.78, 5) is 63.5. The maximum absolute atomic E-state index is 4.53. The van der Waals surface area contributed by atoms with Crippen LogP contribution in [0.5, 0.6) is 0 Å². The molecule has 15 heteroatoms. The van der Waals surface area contributed by atoms with Crippen LogP contribution in [0, 0.1) is 0 Å². The highest BCUT2D eigenvalue weighted by atomic mass is 15.0. The fraction of sp³-hybridized carbons (Fsp3) is 0. The highest BCUT2D eigenvalue weighted by molar-refractivity contribution is 5.78. The molecule has 0 radical (unpaired) electrons. The maximum atomic E-state index is 4.53. The van der Waals surface area contributed by atoms with Gasteiger partial charge in [-0.3, -0.25) is 9.97 Å². The summed E-state index contributed by atoms with van der Waals surface area (Å²) in [6.07, 6.45) is 20.1. The summed E-state index contributed by atoms with van der Waals surface area (Å²) < 4.78 is 0. The van der Waals surface area contributed by atoms with Gasteiger partial charge in [-0.2, -0.15) is 0 Å². The molecule has 0 bridgehead atoms. The minimum atomic E-state index is 0.509. The third-order valence-corrected chi connectivity index (χ3v) is 7.10. The lowest BCUT2D eigenvalue weighted by atomic mass is 10.3. The van der Waals surface area contributed by atoms with Gasteiger partial charge in [-0.05, 0) is 54.6 Å². The molecule has 0 aromatic carbocycles. The lowest BCUT2D eigenvalue weighted by molar-refractivity contribution is 1.14. The van der Waals surface area contributed by atoms with Crippen molar-refractivity contribution in [1.82, 2.24) is 74.8 Å². The largest absolute Gasteiger partial charge is 0.262 e. The van der Waals surface area contributed by atoms with Gasteiger partial charge in [0.05, 0.1) is 30.3 Å². The Labute approximate surface area is 281 Å². The molecule has 0 atom stereocenters. The van der Waals surface area contributed by atoms with Crippen LogP contribution < -0.4 is 0 Å². The average molecular weight is 652 g/mol. The Kier molecular flexibility index (Phi) is 8.15. The zero-order valence-electron chi connectivity index (χ0n) is 25.8. The Morgan fingerprint density at radius 1 is 0.320 bits per heavy atom. The van der Waals surface area contributed by atoms with Gasteiger partial charge in [-0.15, -0.1) is 0 Å². The minimum absolute atomic E-state index is 0.509. The molecule has 236 valence electrons. The lowest BCUT2D eigenvalue weighted by Gasteiger charge is -2.02. The van der Waals surface area contributed by atoms with Crippen LogP contribution >= 0.6 is 0 Å². The molecule has 10 aromatic heterocycles.